The molecule has 118 valence electrons. The van der Waals surface area contributed by atoms with E-state index in [4.69, 9.17) is 34.7 Å². The predicted molar refractivity (Wildman–Crippen MR) is 89.3 cm³/mol. The molecule has 0 aromatic carbocycles. The first kappa shape index (κ1) is 16.3. The van der Waals surface area contributed by atoms with Crippen LogP contribution in [0.25, 0.3) is 0 Å². The van der Waals surface area contributed by atoms with Crippen molar-refractivity contribution in [2.45, 2.75) is 6.92 Å². The maximum absolute atomic E-state index is 5.90. The molecule has 2 aromatic rings. The van der Waals surface area contributed by atoms with E-state index in [0.717, 1.165) is 6.54 Å². The third-order valence-corrected chi connectivity index (χ3v) is 3.19. The molecule has 0 atom stereocenters. The summed E-state index contributed by atoms with van der Waals surface area (Å²) in [5, 5.41) is 3.72. The molecule has 0 fully saturated rings. The highest BCUT2D eigenvalue weighted by Gasteiger charge is 2.09. The first-order valence-corrected chi connectivity index (χ1v) is 7.32. The quantitative estimate of drug-likeness (QED) is 0.678. The maximum atomic E-state index is 5.90. The van der Waals surface area contributed by atoms with E-state index in [1.807, 2.05) is 11.8 Å². The van der Waals surface area contributed by atoms with Crippen LogP contribution in [0.1, 0.15) is 6.92 Å². The van der Waals surface area contributed by atoms with Gasteiger partial charge in [0, 0.05) is 31.8 Å². The summed E-state index contributed by atoms with van der Waals surface area (Å²) in [6.45, 7) is 4.00. The third-order valence-electron chi connectivity index (χ3n) is 2.80. The average Bonchev–Trinajstić information content (AvgIpc) is 2.41. The molecule has 0 amide bonds. The van der Waals surface area contributed by atoms with Gasteiger partial charge < -0.3 is 21.7 Å². The van der Waals surface area contributed by atoms with Crippen LogP contribution in [0.2, 0.25) is 10.3 Å². The molecule has 0 aliphatic carbocycles. The van der Waals surface area contributed by atoms with Gasteiger partial charge >= 0.3 is 0 Å². The lowest BCUT2D eigenvalue weighted by atomic mass is 10.4. The molecule has 2 heterocycles. The summed E-state index contributed by atoms with van der Waals surface area (Å²) in [4.78, 5) is 17.9. The molecule has 8 nitrogen and oxygen atoms in total. The van der Waals surface area contributed by atoms with Gasteiger partial charge in [-0.25, -0.2) is 9.97 Å². The van der Waals surface area contributed by atoms with Crippen molar-refractivity contribution >= 4 is 46.7 Å². The standard InChI is InChI=1S/C12H16Cl2N8/c1-2-22(10-6-8(14)19-12(16)21-10)4-3-17-9-5-7(13)18-11(15)20-9/h5-6H,2-4H2,1H3,(H2,16,19,21)(H3,15,17,18,20). The summed E-state index contributed by atoms with van der Waals surface area (Å²) in [5.74, 6) is 1.50. The van der Waals surface area contributed by atoms with Gasteiger partial charge in [0.25, 0.3) is 0 Å². The van der Waals surface area contributed by atoms with Crippen molar-refractivity contribution in [2.24, 2.45) is 0 Å². The topological polar surface area (TPSA) is 119 Å². The number of likely N-dealkylation sites (N-methyl/N-ethyl adjacent to an activating group) is 1. The van der Waals surface area contributed by atoms with Crippen LogP contribution >= 0.6 is 23.2 Å². The fraction of sp³-hybridized carbons (Fsp3) is 0.333. The van der Waals surface area contributed by atoms with Crippen molar-refractivity contribution in [3.05, 3.63) is 22.4 Å². The van der Waals surface area contributed by atoms with Crippen molar-refractivity contribution in [2.75, 3.05) is 41.3 Å². The van der Waals surface area contributed by atoms with Gasteiger partial charge in [-0.2, -0.15) is 9.97 Å². The second kappa shape index (κ2) is 7.28. The Kier molecular flexibility index (Phi) is 5.40. The number of hydrogen-bond donors (Lipinski definition) is 3. The Labute approximate surface area is 137 Å². The highest BCUT2D eigenvalue weighted by Crippen LogP contribution is 2.17. The Morgan fingerprint density at radius 3 is 2.27 bits per heavy atom. The van der Waals surface area contributed by atoms with Gasteiger partial charge in [0.15, 0.2) is 0 Å². The van der Waals surface area contributed by atoms with E-state index < -0.39 is 0 Å². The van der Waals surface area contributed by atoms with Gasteiger partial charge in [-0.3, -0.25) is 0 Å². The molecule has 5 N–H and O–H groups in total. The minimum Gasteiger partial charge on any atom is -0.368 e. The lowest BCUT2D eigenvalue weighted by molar-refractivity contribution is 0.814. The Bertz CT molecular complexity index is 611. The number of rotatable bonds is 6. The number of aromatic nitrogens is 4. The summed E-state index contributed by atoms with van der Waals surface area (Å²) >= 11 is 11.7. The molecule has 0 saturated carbocycles. The number of nitrogens with two attached hydrogens (primary N) is 2. The summed E-state index contributed by atoms with van der Waals surface area (Å²) < 4.78 is 0. The Morgan fingerprint density at radius 2 is 1.68 bits per heavy atom. The first-order valence-electron chi connectivity index (χ1n) is 6.57. The van der Waals surface area contributed by atoms with E-state index in [-0.39, 0.29) is 17.0 Å². The highest BCUT2D eigenvalue weighted by atomic mass is 35.5. The number of nitrogens with one attached hydrogen (secondary N) is 1. The molecule has 0 aliphatic rings. The normalized spacial score (nSPS) is 10.5. The van der Waals surface area contributed by atoms with Crippen LogP contribution in [0.3, 0.4) is 0 Å². The fourth-order valence-corrected chi connectivity index (χ4v) is 2.24. The van der Waals surface area contributed by atoms with E-state index in [1.165, 1.54) is 0 Å². The van der Waals surface area contributed by atoms with Gasteiger partial charge in [-0.05, 0) is 6.92 Å². The minimum absolute atomic E-state index is 0.123. The van der Waals surface area contributed by atoms with E-state index in [1.54, 1.807) is 12.1 Å². The van der Waals surface area contributed by atoms with E-state index >= 15 is 0 Å². The van der Waals surface area contributed by atoms with Crippen molar-refractivity contribution in [3.63, 3.8) is 0 Å². The molecule has 0 bridgehead atoms. The number of anilines is 4. The zero-order valence-electron chi connectivity index (χ0n) is 11.9. The van der Waals surface area contributed by atoms with Crippen LogP contribution in [0.4, 0.5) is 23.5 Å². The number of halogens is 2. The van der Waals surface area contributed by atoms with Crippen LogP contribution in [0, 0.1) is 0 Å². The summed E-state index contributed by atoms with van der Waals surface area (Å²) in [5.41, 5.74) is 11.1. The van der Waals surface area contributed by atoms with Crippen molar-refractivity contribution < 1.29 is 0 Å². The van der Waals surface area contributed by atoms with Crippen molar-refractivity contribution in [1.29, 1.82) is 0 Å². The van der Waals surface area contributed by atoms with Gasteiger partial charge in [0.1, 0.15) is 21.9 Å². The Hall–Kier alpha value is -2.06. The molecule has 0 radical (unpaired) electrons. The molecular weight excluding hydrogens is 327 g/mol. The molecule has 2 rings (SSSR count). The molecule has 0 spiro atoms. The number of nitrogen functional groups attached to an aromatic ring is 2. The van der Waals surface area contributed by atoms with E-state index in [9.17, 15) is 0 Å². The maximum Gasteiger partial charge on any atom is 0.223 e. The van der Waals surface area contributed by atoms with E-state index in [0.29, 0.717) is 29.9 Å². The van der Waals surface area contributed by atoms with Gasteiger partial charge in [-0.15, -0.1) is 0 Å². The van der Waals surface area contributed by atoms with Gasteiger partial charge in [0.2, 0.25) is 11.9 Å². The average molecular weight is 343 g/mol. The Morgan fingerprint density at radius 1 is 1.05 bits per heavy atom. The molecule has 0 saturated heterocycles. The Balaban J connectivity index is 1.99. The van der Waals surface area contributed by atoms with Crippen molar-refractivity contribution in [1.82, 2.24) is 19.9 Å². The number of nitrogens with zero attached hydrogens (tertiary/aromatic N) is 5. The predicted octanol–water partition coefficient (Wildman–Crippen LogP) is 1.68. The molecule has 2 aromatic heterocycles. The summed E-state index contributed by atoms with van der Waals surface area (Å²) in [6.07, 6.45) is 0. The molecular formula is C12H16Cl2N8. The summed E-state index contributed by atoms with van der Waals surface area (Å²) in [6, 6.07) is 3.27. The van der Waals surface area contributed by atoms with Gasteiger partial charge in [-0.1, -0.05) is 23.2 Å². The van der Waals surface area contributed by atoms with Crippen LogP contribution in [0.15, 0.2) is 12.1 Å². The van der Waals surface area contributed by atoms with Crippen LogP contribution in [0.5, 0.6) is 0 Å². The van der Waals surface area contributed by atoms with E-state index in [2.05, 4.69) is 25.3 Å². The minimum atomic E-state index is 0.123. The zero-order chi connectivity index (χ0) is 16.1. The van der Waals surface area contributed by atoms with Crippen LogP contribution in [-0.2, 0) is 0 Å². The smallest absolute Gasteiger partial charge is 0.223 e. The SMILES string of the molecule is CCN(CCNc1cc(Cl)nc(N)n1)c1cc(Cl)nc(N)n1. The summed E-state index contributed by atoms with van der Waals surface area (Å²) in [7, 11) is 0. The largest absolute Gasteiger partial charge is 0.368 e. The molecule has 0 aliphatic heterocycles. The lowest BCUT2D eigenvalue weighted by Gasteiger charge is -2.22. The molecule has 10 heteroatoms. The second-order valence-corrected chi connectivity index (χ2v) is 5.12. The zero-order valence-corrected chi connectivity index (χ0v) is 13.4. The highest BCUT2D eigenvalue weighted by molar-refractivity contribution is 6.30. The van der Waals surface area contributed by atoms with Crippen LogP contribution < -0.4 is 21.7 Å². The number of hydrogen-bond acceptors (Lipinski definition) is 8. The lowest BCUT2D eigenvalue weighted by Crippen LogP contribution is -2.30. The van der Waals surface area contributed by atoms with Crippen LogP contribution in [-0.4, -0.2) is 39.6 Å². The fourth-order valence-electron chi connectivity index (χ4n) is 1.86. The van der Waals surface area contributed by atoms with Gasteiger partial charge in [0.05, 0.1) is 0 Å². The first-order chi connectivity index (χ1) is 10.5. The second-order valence-electron chi connectivity index (χ2n) is 4.35. The monoisotopic (exact) mass is 342 g/mol. The third kappa shape index (κ3) is 4.47. The molecule has 0 unspecified atom stereocenters. The van der Waals surface area contributed by atoms with Crippen molar-refractivity contribution in [3.8, 4) is 0 Å². The molecule has 22 heavy (non-hydrogen) atoms.